The van der Waals surface area contributed by atoms with E-state index in [9.17, 15) is 0 Å². The van der Waals surface area contributed by atoms with Crippen LogP contribution in [0.3, 0.4) is 0 Å². The first kappa shape index (κ1) is 20.2. The molecule has 1 aromatic heterocycles. The van der Waals surface area contributed by atoms with Crippen LogP contribution in [0.5, 0.6) is 5.75 Å². The number of nitrogens with one attached hydrogen (secondary N) is 1. The highest BCUT2D eigenvalue weighted by atomic mass is 127. The van der Waals surface area contributed by atoms with Gasteiger partial charge in [0.1, 0.15) is 5.75 Å². The van der Waals surface area contributed by atoms with Crippen molar-refractivity contribution in [3.63, 3.8) is 0 Å². The molecule has 8 heteroatoms. The summed E-state index contributed by atoms with van der Waals surface area (Å²) in [5.41, 5.74) is 6.88. The number of piperidine rings is 1. The van der Waals surface area contributed by atoms with Crippen molar-refractivity contribution in [3.05, 3.63) is 42.7 Å². The van der Waals surface area contributed by atoms with Crippen molar-refractivity contribution in [2.45, 2.75) is 12.8 Å². The molecule has 0 bridgehead atoms. The Bertz CT molecular complexity index is 712. The van der Waals surface area contributed by atoms with Crippen molar-refractivity contribution in [2.24, 2.45) is 16.6 Å². The molecule has 1 unspecified atom stereocenters. The largest absolute Gasteiger partial charge is 0.497 e. The van der Waals surface area contributed by atoms with E-state index in [1.54, 1.807) is 19.5 Å². The number of anilines is 2. The maximum absolute atomic E-state index is 6.02. The standard InChI is InChI=1S/C18H24N6O.HI/c1-25-16-7-2-6-15(11-16)23-17(19)22-12-14-5-3-10-24(13-14)18-20-8-4-9-21-18;/h2,4,6-9,11,14H,3,5,10,12-13H2,1H3,(H3,19,22,23);1H. The quantitative estimate of drug-likeness (QED) is 0.399. The number of rotatable bonds is 5. The number of benzene rings is 1. The van der Waals surface area contributed by atoms with Gasteiger partial charge in [0.15, 0.2) is 5.96 Å². The second-order valence-corrected chi connectivity index (χ2v) is 6.09. The predicted molar refractivity (Wildman–Crippen MR) is 115 cm³/mol. The zero-order chi connectivity index (χ0) is 17.5. The Kier molecular flexibility index (Phi) is 7.89. The summed E-state index contributed by atoms with van der Waals surface area (Å²) in [5, 5.41) is 3.11. The zero-order valence-corrected chi connectivity index (χ0v) is 17.2. The lowest BCUT2D eigenvalue weighted by Gasteiger charge is -2.31. The van der Waals surface area contributed by atoms with Gasteiger partial charge in [-0.25, -0.2) is 9.97 Å². The van der Waals surface area contributed by atoms with Crippen molar-refractivity contribution < 1.29 is 4.74 Å². The number of hydrogen-bond donors (Lipinski definition) is 2. The molecule has 26 heavy (non-hydrogen) atoms. The van der Waals surface area contributed by atoms with Gasteiger partial charge in [-0.15, -0.1) is 24.0 Å². The second kappa shape index (κ2) is 10.1. The molecule has 0 spiro atoms. The average Bonchev–Trinajstić information content (AvgIpc) is 2.67. The van der Waals surface area contributed by atoms with Crippen LogP contribution in [-0.2, 0) is 0 Å². The molecular formula is C18H25IN6O. The second-order valence-electron chi connectivity index (χ2n) is 6.09. The molecule has 0 aliphatic carbocycles. The van der Waals surface area contributed by atoms with Crippen molar-refractivity contribution in [1.82, 2.24) is 9.97 Å². The lowest BCUT2D eigenvalue weighted by Crippen LogP contribution is -2.38. The summed E-state index contributed by atoms with van der Waals surface area (Å²) in [4.78, 5) is 15.4. The molecule has 1 aromatic carbocycles. The van der Waals surface area contributed by atoms with E-state index in [-0.39, 0.29) is 24.0 Å². The van der Waals surface area contributed by atoms with E-state index in [1.807, 2.05) is 30.3 Å². The summed E-state index contributed by atoms with van der Waals surface area (Å²) < 4.78 is 5.21. The van der Waals surface area contributed by atoms with Crippen LogP contribution >= 0.6 is 24.0 Å². The van der Waals surface area contributed by atoms with Gasteiger partial charge in [0, 0.05) is 43.8 Å². The molecule has 2 aromatic rings. The van der Waals surface area contributed by atoms with Gasteiger partial charge in [0.25, 0.3) is 0 Å². The van der Waals surface area contributed by atoms with E-state index in [4.69, 9.17) is 10.5 Å². The van der Waals surface area contributed by atoms with E-state index in [0.717, 1.165) is 43.3 Å². The van der Waals surface area contributed by atoms with Crippen molar-refractivity contribution in [2.75, 3.05) is 37.0 Å². The Hall–Kier alpha value is -2.10. The third-order valence-corrected chi connectivity index (χ3v) is 4.22. The first-order valence-electron chi connectivity index (χ1n) is 8.47. The minimum atomic E-state index is 0. The SMILES string of the molecule is COc1cccc(NC(N)=NCC2CCCN(c3ncccn3)C2)c1.I. The number of guanidine groups is 1. The minimum Gasteiger partial charge on any atom is -0.497 e. The fraction of sp³-hybridized carbons (Fsp3) is 0.389. The predicted octanol–water partition coefficient (Wildman–Crippen LogP) is 2.75. The normalized spacial score (nSPS) is 17.3. The molecule has 1 aliphatic rings. The molecule has 0 radical (unpaired) electrons. The van der Waals surface area contributed by atoms with Gasteiger partial charge in [-0.3, -0.25) is 4.99 Å². The topological polar surface area (TPSA) is 88.7 Å². The van der Waals surface area contributed by atoms with Crippen LogP contribution in [-0.4, -0.2) is 42.7 Å². The van der Waals surface area contributed by atoms with Crippen LogP contribution in [0.25, 0.3) is 0 Å². The van der Waals surface area contributed by atoms with Gasteiger partial charge in [0.2, 0.25) is 5.95 Å². The summed E-state index contributed by atoms with van der Waals surface area (Å²) in [6.07, 6.45) is 5.81. The van der Waals surface area contributed by atoms with Crippen LogP contribution in [0.1, 0.15) is 12.8 Å². The Morgan fingerprint density at radius 3 is 2.92 bits per heavy atom. The maximum Gasteiger partial charge on any atom is 0.225 e. The van der Waals surface area contributed by atoms with Gasteiger partial charge in [0.05, 0.1) is 7.11 Å². The zero-order valence-electron chi connectivity index (χ0n) is 14.8. The van der Waals surface area contributed by atoms with E-state index in [2.05, 4.69) is 25.2 Å². The van der Waals surface area contributed by atoms with Crippen LogP contribution in [0.2, 0.25) is 0 Å². The lowest BCUT2D eigenvalue weighted by atomic mass is 9.98. The molecule has 0 saturated carbocycles. The first-order valence-corrected chi connectivity index (χ1v) is 8.47. The molecule has 3 N–H and O–H groups in total. The third-order valence-electron chi connectivity index (χ3n) is 4.22. The number of halogens is 1. The highest BCUT2D eigenvalue weighted by Gasteiger charge is 2.21. The fourth-order valence-electron chi connectivity index (χ4n) is 2.97. The van der Waals surface area contributed by atoms with Gasteiger partial charge >= 0.3 is 0 Å². The smallest absolute Gasteiger partial charge is 0.225 e. The Balaban J connectivity index is 0.00000243. The van der Waals surface area contributed by atoms with Crippen molar-refractivity contribution >= 4 is 41.6 Å². The Morgan fingerprint density at radius 2 is 2.15 bits per heavy atom. The highest BCUT2D eigenvalue weighted by Crippen LogP contribution is 2.20. The van der Waals surface area contributed by atoms with Gasteiger partial charge < -0.3 is 20.7 Å². The number of nitrogens with zero attached hydrogens (tertiary/aromatic N) is 4. The van der Waals surface area contributed by atoms with Crippen LogP contribution < -0.4 is 20.7 Å². The number of aliphatic imine (C=N–C) groups is 1. The number of ether oxygens (including phenoxy) is 1. The molecule has 2 heterocycles. The monoisotopic (exact) mass is 468 g/mol. The molecule has 1 saturated heterocycles. The highest BCUT2D eigenvalue weighted by molar-refractivity contribution is 14.0. The number of nitrogens with two attached hydrogens (primary N) is 1. The lowest BCUT2D eigenvalue weighted by molar-refractivity contribution is 0.415. The van der Waals surface area contributed by atoms with Crippen LogP contribution in [0.15, 0.2) is 47.7 Å². The van der Waals surface area contributed by atoms with Crippen molar-refractivity contribution in [1.29, 1.82) is 0 Å². The van der Waals surface area contributed by atoms with E-state index in [1.165, 1.54) is 0 Å². The molecule has 1 atom stereocenters. The van der Waals surface area contributed by atoms with Gasteiger partial charge in [-0.1, -0.05) is 6.07 Å². The summed E-state index contributed by atoms with van der Waals surface area (Å²) in [7, 11) is 1.64. The fourth-order valence-corrected chi connectivity index (χ4v) is 2.97. The summed E-state index contributed by atoms with van der Waals surface area (Å²) in [6.45, 7) is 2.58. The summed E-state index contributed by atoms with van der Waals surface area (Å²) in [5.74, 6) is 2.44. The van der Waals surface area contributed by atoms with Crippen LogP contribution in [0, 0.1) is 5.92 Å². The maximum atomic E-state index is 6.02. The van der Waals surface area contributed by atoms with E-state index in [0.29, 0.717) is 18.4 Å². The molecular weight excluding hydrogens is 443 g/mol. The average molecular weight is 468 g/mol. The molecule has 7 nitrogen and oxygen atoms in total. The van der Waals surface area contributed by atoms with E-state index < -0.39 is 0 Å². The Morgan fingerprint density at radius 1 is 1.35 bits per heavy atom. The molecule has 1 fully saturated rings. The number of hydrogen-bond acceptors (Lipinski definition) is 5. The molecule has 0 amide bonds. The van der Waals surface area contributed by atoms with E-state index >= 15 is 0 Å². The summed E-state index contributed by atoms with van der Waals surface area (Å²) >= 11 is 0. The molecule has 140 valence electrons. The van der Waals surface area contributed by atoms with Gasteiger partial charge in [-0.2, -0.15) is 0 Å². The molecule has 1 aliphatic heterocycles. The van der Waals surface area contributed by atoms with Crippen LogP contribution in [0.4, 0.5) is 11.6 Å². The first-order chi connectivity index (χ1) is 12.2. The number of aromatic nitrogens is 2. The Labute approximate surface area is 171 Å². The van der Waals surface area contributed by atoms with Gasteiger partial charge in [-0.05, 0) is 37.0 Å². The molecule has 3 rings (SSSR count). The number of methoxy groups -OCH3 is 1. The van der Waals surface area contributed by atoms with Crippen molar-refractivity contribution in [3.8, 4) is 5.75 Å². The summed E-state index contributed by atoms with van der Waals surface area (Å²) in [6, 6.07) is 9.45. The minimum absolute atomic E-state index is 0. The third kappa shape index (κ3) is 5.72.